The van der Waals surface area contributed by atoms with Crippen LogP contribution in [0.5, 0.6) is 0 Å². The molecule has 0 aromatic heterocycles. The van der Waals surface area contributed by atoms with Crippen LogP contribution in [-0.4, -0.2) is 13.0 Å². The topological polar surface area (TPSA) is 57.2 Å². The minimum atomic E-state index is -4.13. The van der Waals surface area contributed by atoms with Crippen molar-refractivity contribution in [2.24, 2.45) is 0 Å². The maximum atomic E-state index is 10.2. The van der Waals surface area contributed by atoms with E-state index >= 15 is 0 Å². The van der Waals surface area contributed by atoms with E-state index in [1.807, 2.05) is 0 Å². The van der Waals surface area contributed by atoms with Gasteiger partial charge in [-0.2, -0.15) is 0 Å². The Bertz CT molecular complexity index is 320. The minimum Gasteiger partial charge on any atom is -0.748 e. The smallest absolute Gasteiger partial charge is 0.0988 e. The second-order valence-corrected chi connectivity index (χ2v) is 3.59. The van der Waals surface area contributed by atoms with E-state index in [1.54, 1.807) is 30.3 Å². The van der Waals surface area contributed by atoms with Crippen molar-refractivity contribution in [3.8, 4) is 0 Å². The first-order valence-corrected chi connectivity index (χ1v) is 4.63. The predicted molar refractivity (Wildman–Crippen MR) is 39.8 cm³/mol. The van der Waals surface area contributed by atoms with Crippen molar-refractivity contribution in [2.45, 2.75) is 5.75 Å². The van der Waals surface area contributed by atoms with E-state index in [-0.39, 0.29) is 20.4 Å². The van der Waals surface area contributed by atoms with E-state index in [1.165, 1.54) is 0 Å². The summed E-state index contributed by atoms with van der Waals surface area (Å²) in [6, 6.07) is 8.37. The first-order valence-electron chi connectivity index (χ1n) is 3.05. The zero-order valence-electron chi connectivity index (χ0n) is 6.04. The predicted octanol–water partition coefficient (Wildman–Crippen LogP) is 0.729. The second kappa shape index (κ2) is 4.73. The SMILES string of the molecule is O=S(=O)([O-])Cc1ccccc1.[Pd]. The fourth-order valence-corrected chi connectivity index (χ4v) is 1.38. The summed E-state index contributed by atoms with van der Waals surface area (Å²) in [6.45, 7) is 0. The number of rotatable bonds is 2. The van der Waals surface area contributed by atoms with Crippen LogP contribution in [0.1, 0.15) is 5.56 Å². The van der Waals surface area contributed by atoms with E-state index in [0.29, 0.717) is 5.56 Å². The maximum absolute atomic E-state index is 10.2. The van der Waals surface area contributed by atoms with Gasteiger partial charge in [-0.25, -0.2) is 8.42 Å². The van der Waals surface area contributed by atoms with Crippen LogP contribution in [0.4, 0.5) is 0 Å². The van der Waals surface area contributed by atoms with Crippen LogP contribution in [0, 0.1) is 0 Å². The molecule has 1 aromatic rings. The Hall–Kier alpha value is -0.208. The van der Waals surface area contributed by atoms with Gasteiger partial charge in [0.25, 0.3) is 0 Å². The molecule has 0 spiro atoms. The Morgan fingerprint density at radius 3 is 2.08 bits per heavy atom. The van der Waals surface area contributed by atoms with Crippen LogP contribution in [-0.2, 0) is 36.3 Å². The van der Waals surface area contributed by atoms with Crippen molar-refractivity contribution >= 4 is 10.1 Å². The molecule has 0 aliphatic rings. The van der Waals surface area contributed by atoms with Crippen LogP contribution in [0.15, 0.2) is 30.3 Å². The molecular weight excluding hydrogens is 271 g/mol. The van der Waals surface area contributed by atoms with Crippen molar-refractivity contribution in [2.75, 3.05) is 0 Å². The Balaban J connectivity index is 0.00000121. The molecule has 0 aliphatic carbocycles. The zero-order chi connectivity index (χ0) is 8.32. The van der Waals surface area contributed by atoms with Crippen molar-refractivity contribution in [3.63, 3.8) is 0 Å². The third-order valence-corrected chi connectivity index (χ3v) is 1.87. The van der Waals surface area contributed by atoms with Crippen LogP contribution in [0.3, 0.4) is 0 Å². The van der Waals surface area contributed by atoms with E-state index in [2.05, 4.69) is 0 Å². The second-order valence-electron chi connectivity index (χ2n) is 2.19. The van der Waals surface area contributed by atoms with E-state index in [0.717, 1.165) is 0 Å². The van der Waals surface area contributed by atoms with Gasteiger partial charge >= 0.3 is 0 Å². The Morgan fingerprint density at radius 1 is 1.17 bits per heavy atom. The Kier molecular flexibility index (Phi) is 4.65. The van der Waals surface area contributed by atoms with E-state index in [9.17, 15) is 13.0 Å². The third-order valence-electron chi connectivity index (χ3n) is 1.19. The van der Waals surface area contributed by atoms with Crippen LogP contribution in [0.2, 0.25) is 0 Å². The van der Waals surface area contributed by atoms with Gasteiger partial charge in [0.1, 0.15) is 0 Å². The monoisotopic (exact) mass is 277 g/mol. The van der Waals surface area contributed by atoms with Gasteiger partial charge in [0.05, 0.1) is 15.9 Å². The molecule has 12 heavy (non-hydrogen) atoms. The van der Waals surface area contributed by atoms with Gasteiger partial charge in [-0.1, -0.05) is 30.3 Å². The van der Waals surface area contributed by atoms with Crippen molar-refractivity contribution < 1.29 is 33.4 Å². The summed E-state index contributed by atoms with van der Waals surface area (Å²) >= 11 is 0. The molecule has 0 aliphatic heterocycles. The average molecular weight is 278 g/mol. The van der Waals surface area contributed by atoms with Gasteiger partial charge in [-0.15, -0.1) is 0 Å². The summed E-state index contributed by atoms with van der Waals surface area (Å²) < 4.78 is 30.7. The minimum absolute atomic E-state index is 0. The first-order chi connectivity index (χ1) is 5.08. The number of hydrogen-bond donors (Lipinski definition) is 0. The van der Waals surface area contributed by atoms with Gasteiger partial charge in [0, 0.05) is 20.4 Å². The van der Waals surface area contributed by atoms with Gasteiger partial charge in [0.2, 0.25) is 0 Å². The van der Waals surface area contributed by atoms with Gasteiger partial charge < -0.3 is 4.55 Å². The quantitative estimate of drug-likeness (QED) is 0.591. The fourth-order valence-electron chi connectivity index (χ4n) is 0.778. The van der Waals surface area contributed by atoms with Gasteiger partial charge in [0.15, 0.2) is 0 Å². The van der Waals surface area contributed by atoms with Gasteiger partial charge in [-0.05, 0) is 5.56 Å². The summed E-state index contributed by atoms with van der Waals surface area (Å²) in [6.07, 6.45) is 0. The van der Waals surface area contributed by atoms with Crippen molar-refractivity contribution in [1.29, 1.82) is 0 Å². The standard InChI is InChI=1S/C7H8O3S.Pd/c8-11(9,10)6-7-4-2-1-3-5-7;/h1-5H,6H2,(H,8,9,10);/p-1. The molecule has 0 radical (unpaired) electrons. The molecule has 0 N–H and O–H groups in total. The van der Waals surface area contributed by atoms with E-state index < -0.39 is 15.9 Å². The molecule has 0 bridgehead atoms. The molecule has 3 nitrogen and oxygen atoms in total. The summed E-state index contributed by atoms with van der Waals surface area (Å²) in [7, 11) is -4.13. The molecule has 1 rings (SSSR count). The molecule has 0 saturated carbocycles. The van der Waals surface area contributed by atoms with Crippen LogP contribution in [0.25, 0.3) is 0 Å². The summed E-state index contributed by atoms with van der Waals surface area (Å²) in [4.78, 5) is 0. The van der Waals surface area contributed by atoms with Crippen molar-refractivity contribution in [1.82, 2.24) is 0 Å². The number of hydrogen-bond acceptors (Lipinski definition) is 3. The fraction of sp³-hybridized carbons (Fsp3) is 0.143. The molecule has 5 heteroatoms. The summed E-state index contributed by atoms with van der Waals surface area (Å²) in [5.74, 6) is -0.423. The molecule has 0 amide bonds. The van der Waals surface area contributed by atoms with Crippen LogP contribution < -0.4 is 0 Å². The molecule has 0 saturated heterocycles. The van der Waals surface area contributed by atoms with Gasteiger partial charge in [-0.3, -0.25) is 0 Å². The summed E-state index contributed by atoms with van der Waals surface area (Å²) in [5.41, 5.74) is 0.530. The maximum Gasteiger partial charge on any atom is 0.0988 e. The molecule has 1 aromatic carbocycles. The molecule has 70 valence electrons. The Labute approximate surface area is 85.2 Å². The van der Waals surface area contributed by atoms with E-state index in [4.69, 9.17) is 0 Å². The molecule has 0 atom stereocenters. The normalized spacial score (nSPS) is 10.4. The molecule has 0 heterocycles. The number of benzene rings is 1. The van der Waals surface area contributed by atoms with Crippen LogP contribution >= 0.6 is 0 Å². The Morgan fingerprint density at radius 2 is 1.67 bits per heavy atom. The first kappa shape index (κ1) is 11.8. The molecule has 0 unspecified atom stereocenters. The molecule has 0 fully saturated rings. The molecular formula is C7H7O3PdS-. The summed E-state index contributed by atoms with van der Waals surface area (Å²) in [5, 5.41) is 0. The largest absolute Gasteiger partial charge is 0.748 e. The zero-order valence-corrected chi connectivity index (χ0v) is 8.41. The third kappa shape index (κ3) is 4.63. The average Bonchev–Trinajstić information content (AvgIpc) is 1.85. The van der Waals surface area contributed by atoms with Crippen molar-refractivity contribution in [3.05, 3.63) is 35.9 Å².